The second-order valence-corrected chi connectivity index (χ2v) is 8.70. The van der Waals surface area contributed by atoms with Crippen molar-refractivity contribution in [3.63, 3.8) is 0 Å². The molecule has 0 atom stereocenters. The molecular weight excluding hydrogens is 529 g/mol. The van der Waals surface area contributed by atoms with Crippen LogP contribution in [0, 0.1) is 11.6 Å². The molecule has 0 unspecified atom stereocenters. The fourth-order valence-corrected chi connectivity index (χ4v) is 4.14. The Balaban J connectivity index is 1.59. The standard InChI is InChI=1S/C25H18F5N5O2S/c26-18-9-2-1-8-17(18)23(37)31-13-21-33-34-24(35(21)16-7-5-6-15(12-16)25(28,29)30)38-14-22(36)32-20-11-4-3-10-19(20)27/h1-12H,13-14H2,(H,31,37)(H,32,36). The maximum atomic E-state index is 14.0. The van der Waals surface area contributed by atoms with E-state index in [4.69, 9.17) is 0 Å². The van der Waals surface area contributed by atoms with E-state index in [1.165, 1.54) is 59.2 Å². The number of amides is 2. The number of thioether (sulfide) groups is 1. The van der Waals surface area contributed by atoms with Gasteiger partial charge in [-0.1, -0.05) is 42.1 Å². The van der Waals surface area contributed by atoms with Crippen LogP contribution in [0.4, 0.5) is 27.6 Å². The number of nitrogens with one attached hydrogen (secondary N) is 2. The van der Waals surface area contributed by atoms with Gasteiger partial charge in [-0.3, -0.25) is 14.2 Å². The smallest absolute Gasteiger partial charge is 0.345 e. The third-order valence-corrected chi connectivity index (χ3v) is 6.07. The molecule has 0 aliphatic rings. The predicted molar refractivity (Wildman–Crippen MR) is 130 cm³/mol. The molecule has 0 spiro atoms. The third kappa shape index (κ3) is 6.35. The number of alkyl halides is 3. The summed E-state index contributed by atoms with van der Waals surface area (Å²) in [6.45, 7) is -0.307. The summed E-state index contributed by atoms with van der Waals surface area (Å²) in [6, 6.07) is 15.2. The molecule has 3 aromatic carbocycles. The number of nitrogens with zero attached hydrogens (tertiary/aromatic N) is 3. The van der Waals surface area contributed by atoms with Gasteiger partial charge in [0.15, 0.2) is 11.0 Å². The van der Waals surface area contributed by atoms with E-state index in [1.54, 1.807) is 0 Å². The quantitative estimate of drug-likeness (QED) is 0.233. The number of aromatic nitrogens is 3. The molecule has 0 bridgehead atoms. The highest BCUT2D eigenvalue weighted by molar-refractivity contribution is 7.99. The van der Waals surface area contributed by atoms with E-state index in [9.17, 15) is 31.5 Å². The van der Waals surface area contributed by atoms with Crippen LogP contribution in [0.3, 0.4) is 0 Å². The van der Waals surface area contributed by atoms with Gasteiger partial charge in [0.05, 0.1) is 34.8 Å². The lowest BCUT2D eigenvalue weighted by molar-refractivity contribution is -0.137. The lowest BCUT2D eigenvalue weighted by atomic mass is 10.2. The largest absolute Gasteiger partial charge is 0.416 e. The van der Waals surface area contributed by atoms with Crippen LogP contribution in [0.15, 0.2) is 78.0 Å². The van der Waals surface area contributed by atoms with Crippen LogP contribution in [0.5, 0.6) is 0 Å². The molecule has 196 valence electrons. The molecule has 0 radical (unpaired) electrons. The minimum atomic E-state index is -4.63. The zero-order valence-electron chi connectivity index (χ0n) is 19.3. The van der Waals surface area contributed by atoms with Gasteiger partial charge in [-0.15, -0.1) is 10.2 Å². The minimum Gasteiger partial charge on any atom is -0.345 e. The van der Waals surface area contributed by atoms with Crippen molar-refractivity contribution < 1.29 is 31.5 Å². The fourth-order valence-electron chi connectivity index (χ4n) is 3.37. The summed E-state index contributed by atoms with van der Waals surface area (Å²) in [5.74, 6) is -2.97. The van der Waals surface area contributed by atoms with Crippen molar-refractivity contribution in [1.82, 2.24) is 20.1 Å². The highest BCUT2D eigenvalue weighted by Gasteiger charge is 2.31. The average molecular weight is 548 g/mol. The average Bonchev–Trinajstić information content (AvgIpc) is 3.30. The van der Waals surface area contributed by atoms with E-state index in [0.717, 1.165) is 30.0 Å². The summed E-state index contributed by atoms with van der Waals surface area (Å²) in [5.41, 5.74) is -1.17. The first-order valence-electron chi connectivity index (χ1n) is 11.0. The number of para-hydroxylation sites is 1. The van der Waals surface area contributed by atoms with Gasteiger partial charge in [-0.2, -0.15) is 13.2 Å². The van der Waals surface area contributed by atoms with Gasteiger partial charge in [-0.25, -0.2) is 8.78 Å². The van der Waals surface area contributed by atoms with Gasteiger partial charge < -0.3 is 10.6 Å². The molecular formula is C25H18F5N5O2S. The Labute approximate surface area is 217 Å². The van der Waals surface area contributed by atoms with Crippen molar-refractivity contribution in [3.05, 3.63) is 101 Å². The van der Waals surface area contributed by atoms with Crippen LogP contribution in [-0.4, -0.2) is 32.3 Å². The van der Waals surface area contributed by atoms with Crippen molar-refractivity contribution in [3.8, 4) is 5.69 Å². The highest BCUT2D eigenvalue weighted by atomic mass is 32.2. The van der Waals surface area contributed by atoms with Crippen LogP contribution in [0.1, 0.15) is 21.7 Å². The van der Waals surface area contributed by atoms with Crippen molar-refractivity contribution in [2.75, 3.05) is 11.1 Å². The van der Waals surface area contributed by atoms with Gasteiger partial charge in [0.1, 0.15) is 11.6 Å². The van der Waals surface area contributed by atoms with Gasteiger partial charge in [0.2, 0.25) is 5.91 Å². The number of carbonyl (C=O) groups is 2. The number of halogens is 5. The van der Waals surface area contributed by atoms with Crippen LogP contribution in [0.25, 0.3) is 5.69 Å². The fraction of sp³-hybridized carbons (Fsp3) is 0.120. The first kappa shape index (κ1) is 26.8. The predicted octanol–water partition coefficient (Wildman–Crippen LogP) is 5.23. The number of hydrogen-bond acceptors (Lipinski definition) is 5. The molecule has 38 heavy (non-hydrogen) atoms. The second-order valence-electron chi connectivity index (χ2n) is 7.76. The number of anilines is 1. The zero-order valence-corrected chi connectivity index (χ0v) is 20.1. The summed E-state index contributed by atoms with van der Waals surface area (Å²) in [6.07, 6.45) is -4.63. The molecule has 0 saturated carbocycles. The molecule has 0 aliphatic heterocycles. The monoisotopic (exact) mass is 547 g/mol. The Morgan fingerprint density at radius 1 is 0.895 bits per heavy atom. The van der Waals surface area contributed by atoms with E-state index in [1.807, 2.05) is 0 Å². The molecule has 0 aliphatic carbocycles. The molecule has 13 heteroatoms. The summed E-state index contributed by atoms with van der Waals surface area (Å²) in [7, 11) is 0. The van der Waals surface area contributed by atoms with Crippen molar-refractivity contribution in [2.24, 2.45) is 0 Å². The van der Waals surface area contributed by atoms with Crippen molar-refractivity contribution in [2.45, 2.75) is 17.9 Å². The maximum absolute atomic E-state index is 14.0. The lowest BCUT2D eigenvalue weighted by Crippen LogP contribution is -2.25. The Kier molecular flexibility index (Phi) is 8.05. The van der Waals surface area contributed by atoms with Crippen LogP contribution >= 0.6 is 11.8 Å². The van der Waals surface area contributed by atoms with Gasteiger partial charge in [-0.05, 0) is 42.5 Å². The molecule has 4 rings (SSSR count). The van der Waals surface area contributed by atoms with Crippen molar-refractivity contribution >= 4 is 29.3 Å². The van der Waals surface area contributed by atoms with E-state index < -0.39 is 35.2 Å². The van der Waals surface area contributed by atoms with E-state index in [0.29, 0.717) is 0 Å². The SMILES string of the molecule is O=C(CSc1nnc(CNC(=O)c2ccccc2F)n1-c1cccc(C(F)(F)F)c1)Nc1ccccc1F. The van der Waals surface area contributed by atoms with Crippen LogP contribution in [-0.2, 0) is 17.5 Å². The molecule has 2 amide bonds. The van der Waals surface area contributed by atoms with E-state index in [-0.39, 0.29) is 40.2 Å². The normalized spacial score (nSPS) is 11.3. The molecule has 0 fully saturated rings. The van der Waals surface area contributed by atoms with Gasteiger partial charge in [0.25, 0.3) is 5.91 Å². The lowest BCUT2D eigenvalue weighted by Gasteiger charge is -2.13. The third-order valence-electron chi connectivity index (χ3n) is 5.14. The second kappa shape index (κ2) is 11.4. The molecule has 1 aromatic heterocycles. The number of carbonyl (C=O) groups excluding carboxylic acids is 2. The number of hydrogen-bond donors (Lipinski definition) is 2. The number of benzene rings is 3. The molecule has 0 saturated heterocycles. The maximum Gasteiger partial charge on any atom is 0.416 e. The highest BCUT2D eigenvalue weighted by Crippen LogP contribution is 2.32. The summed E-state index contributed by atoms with van der Waals surface area (Å²) in [5, 5.41) is 12.8. The molecule has 4 aromatic rings. The van der Waals surface area contributed by atoms with Crippen LogP contribution < -0.4 is 10.6 Å². The Morgan fingerprint density at radius 2 is 1.61 bits per heavy atom. The molecule has 1 heterocycles. The topological polar surface area (TPSA) is 88.9 Å². The van der Waals surface area contributed by atoms with E-state index in [2.05, 4.69) is 20.8 Å². The van der Waals surface area contributed by atoms with Crippen molar-refractivity contribution in [1.29, 1.82) is 0 Å². The zero-order chi connectivity index (χ0) is 27.3. The summed E-state index contributed by atoms with van der Waals surface area (Å²) in [4.78, 5) is 24.8. The van der Waals surface area contributed by atoms with Gasteiger partial charge in [0, 0.05) is 0 Å². The Hall–Kier alpha value is -4.26. The Bertz CT molecular complexity index is 1470. The first-order valence-corrected chi connectivity index (χ1v) is 11.9. The number of rotatable bonds is 8. The first-order chi connectivity index (χ1) is 18.1. The van der Waals surface area contributed by atoms with Crippen LogP contribution in [0.2, 0.25) is 0 Å². The summed E-state index contributed by atoms with van der Waals surface area (Å²) < 4.78 is 69.1. The Morgan fingerprint density at radius 3 is 2.32 bits per heavy atom. The molecule has 7 nitrogen and oxygen atoms in total. The van der Waals surface area contributed by atoms with E-state index >= 15 is 0 Å². The minimum absolute atomic E-state index is 0.0250. The van der Waals surface area contributed by atoms with Gasteiger partial charge >= 0.3 is 6.18 Å². The summed E-state index contributed by atoms with van der Waals surface area (Å²) >= 11 is 0.843. The molecule has 2 N–H and O–H groups in total.